The lowest BCUT2D eigenvalue weighted by atomic mass is 9.75. The Bertz CT molecular complexity index is 1860. The Balaban J connectivity index is 1.30. The Morgan fingerprint density at radius 2 is 1.89 bits per heavy atom. The molecule has 2 saturated heterocycles. The van der Waals surface area contributed by atoms with Crippen molar-refractivity contribution < 1.29 is 23.0 Å². The molecule has 5 heterocycles. The van der Waals surface area contributed by atoms with E-state index in [2.05, 4.69) is 33.9 Å². The fraction of sp³-hybridized carbons (Fsp3) is 0.515. The first-order chi connectivity index (χ1) is 22.6. The van der Waals surface area contributed by atoms with E-state index in [-0.39, 0.29) is 54.4 Å². The van der Waals surface area contributed by atoms with E-state index in [1.807, 2.05) is 18.0 Å². The first-order valence-electron chi connectivity index (χ1n) is 15.8. The molecule has 47 heavy (non-hydrogen) atoms. The number of hydrogen-bond acceptors (Lipinski definition) is 12. The minimum absolute atomic E-state index is 0.0284. The Hall–Kier alpha value is -3.74. The zero-order valence-corrected chi connectivity index (χ0v) is 27.6. The molecular weight excluding hydrogens is 626 g/mol. The first-order valence-corrected chi connectivity index (χ1v) is 16.6. The molecule has 1 aromatic carbocycles. The molecule has 7 rings (SSSR count). The van der Waals surface area contributed by atoms with Crippen molar-refractivity contribution in [3.63, 3.8) is 0 Å². The molecule has 248 valence electrons. The van der Waals surface area contributed by atoms with Crippen molar-refractivity contribution in [2.45, 2.75) is 24.8 Å². The van der Waals surface area contributed by atoms with Gasteiger partial charge in [-0.1, -0.05) is 0 Å². The molecule has 2 aliphatic heterocycles. The smallest absolute Gasteiger partial charge is 0.319 e. The number of halogens is 2. The summed E-state index contributed by atoms with van der Waals surface area (Å²) in [6.45, 7) is 5.93. The van der Waals surface area contributed by atoms with Crippen LogP contribution in [0, 0.1) is 28.4 Å². The van der Waals surface area contributed by atoms with Crippen LogP contribution in [0.5, 0.6) is 6.01 Å². The van der Waals surface area contributed by atoms with Crippen LogP contribution in [0.25, 0.3) is 32.2 Å². The Kier molecular flexibility index (Phi) is 8.38. The molecule has 0 atom stereocenters. The normalized spacial score (nSPS) is 19.0. The number of nitrogens with two attached hydrogens (primary N) is 1. The van der Waals surface area contributed by atoms with Crippen molar-refractivity contribution in [1.82, 2.24) is 24.8 Å². The van der Waals surface area contributed by atoms with E-state index in [9.17, 15) is 9.65 Å². The molecule has 1 saturated carbocycles. The second-order valence-electron chi connectivity index (χ2n) is 13.3. The lowest BCUT2D eigenvalue weighted by Gasteiger charge is -2.49. The highest BCUT2D eigenvalue weighted by molar-refractivity contribution is 7.23. The molecule has 14 heteroatoms. The van der Waals surface area contributed by atoms with Gasteiger partial charge >= 0.3 is 6.01 Å². The van der Waals surface area contributed by atoms with Crippen LogP contribution in [-0.4, -0.2) is 111 Å². The number of benzene rings is 1. The molecule has 3 aromatic heterocycles. The highest BCUT2D eigenvalue weighted by Crippen LogP contribution is 2.43. The van der Waals surface area contributed by atoms with Crippen LogP contribution in [0.3, 0.4) is 0 Å². The molecule has 3 fully saturated rings. The zero-order valence-electron chi connectivity index (χ0n) is 26.8. The first kappa shape index (κ1) is 31.8. The Labute approximate surface area is 275 Å². The Morgan fingerprint density at radius 1 is 1.13 bits per heavy atom. The number of morpholine rings is 1. The van der Waals surface area contributed by atoms with Crippen LogP contribution >= 0.6 is 11.3 Å². The quantitative estimate of drug-likeness (QED) is 0.261. The molecule has 0 amide bonds. The highest BCUT2D eigenvalue weighted by atomic mass is 32.1. The number of ether oxygens (including phenoxy) is 3. The molecule has 3 aliphatic rings. The number of nitriles is 1. The number of rotatable bonds is 10. The van der Waals surface area contributed by atoms with E-state index in [0.717, 1.165) is 50.2 Å². The van der Waals surface area contributed by atoms with Gasteiger partial charge in [-0.15, -0.1) is 11.3 Å². The number of hydrogen-bond donors (Lipinski definition) is 1. The van der Waals surface area contributed by atoms with E-state index in [1.54, 1.807) is 6.20 Å². The van der Waals surface area contributed by atoms with Crippen LogP contribution in [-0.2, 0) is 9.47 Å². The third kappa shape index (κ3) is 5.63. The number of aromatic nitrogens is 3. The van der Waals surface area contributed by atoms with Crippen LogP contribution in [0.2, 0.25) is 0 Å². The molecule has 0 spiro atoms. The number of fused-ring (bicyclic) bond motifs is 2. The van der Waals surface area contributed by atoms with Crippen molar-refractivity contribution in [2.75, 3.05) is 91.0 Å². The molecule has 11 nitrogen and oxygen atoms in total. The predicted octanol–water partition coefficient (Wildman–Crippen LogP) is 4.29. The van der Waals surface area contributed by atoms with Crippen LogP contribution in [0.1, 0.15) is 24.8 Å². The minimum Gasteiger partial charge on any atom is -0.463 e. The lowest BCUT2D eigenvalue weighted by Crippen LogP contribution is -2.57. The van der Waals surface area contributed by atoms with Gasteiger partial charge < -0.3 is 29.7 Å². The molecule has 4 aromatic rings. The van der Waals surface area contributed by atoms with Crippen LogP contribution in [0.4, 0.5) is 19.6 Å². The average molecular weight is 665 g/mol. The van der Waals surface area contributed by atoms with E-state index in [4.69, 9.17) is 24.9 Å². The summed E-state index contributed by atoms with van der Waals surface area (Å²) < 4.78 is 49.2. The third-order valence-corrected chi connectivity index (χ3v) is 11.0. The highest BCUT2D eigenvalue weighted by Gasteiger charge is 2.43. The molecule has 0 unspecified atom stereocenters. The SMILES string of the molecule is CN(CC1(N(C)C)CCC1)c1nc(OCC2(CN3CCOCC3)COC2)nc2c(F)c(-c3ccc(F)c4sc(N)c(C#N)c34)ncc12. The van der Waals surface area contributed by atoms with E-state index < -0.39 is 11.6 Å². The summed E-state index contributed by atoms with van der Waals surface area (Å²) in [7, 11) is 6.10. The van der Waals surface area contributed by atoms with Gasteiger partial charge in [0.15, 0.2) is 5.82 Å². The topological polar surface area (TPSA) is 126 Å². The van der Waals surface area contributed by atoms with E-state index in [1.165, 1.54) is 12.1 Å². The maximum Gasteiger partial charge on any atom is 0.319 e. The van der Waals surface area contributed by atoms with Crippen molar-refractivity contribution in [3.8, 4) is 23.3 Å². The fourth-order valence-electron chi connectivity index (χ4n) is 6.97. The van der Waals surface area contributed by atoms with Gasteiger partial charge in [0.2, 0.25) is 0 Å². The largest absolute Gasteiger partial charge is 0.463 e. The summed E-state index contributed by atoms with van der Waals surface area (Å²) >= 11 is 0.954. The van der Waals surface area contributed by atoms with E-state index >= 15 is 4.39 Å². The summed E-state index contributed by atoms with van der Waals surface area (Å²) in [6, 6.07) is 4.77. The van der Waals surface area contributed by atoms with Gasteiger partial charge in [-0.05, 0) is 45.5 Å². The van der Waals surface area contributed by atoms with Crippen molar-refractivity contribution >= 4 is 43.1 Å². The third-order valence-electron chi connectivity index (χ3n) is 9.94. The van der Waals surface area contributed by atoms with Gasteiger partial charge in [0.1, 0.15) is 40.5 Å². The number of pyridine rings is 1. The summed E-state index contributed by atoms with van der Waals surface area (Å²) in [4.78, 5) is 20.6. The number of thiophene rings is 1. The molecule has 2 N–H and O–H groups in total. The number of anilines is 2. The van der Waals surface area contributed by atoms with Gasteiger partial charge in [-0.25, -0.2) is 8.78 Å². The second-order valence-corrected chi connectivity index (χ2v) is 14.3. The zero-order chi connectivity index (χ0) is 32.9. The van der Waals surface area contributed by atoms with Gasteiger partial charge in [0, 0.05) is 55.9 Å². The maximum atomic E-state index is 16.8. The standard InChI is InChI=1S/C33H38F2N8O3S/c1-41(2)33(7-4-8-33)16-42(3)30-22-14-38-26(20-5-6-23(34)28-24(20)21(13-36)29(37)47-28)25(35)27(22)39-31(40-30)46-19-32(17-45-18-32)15-43-9-11-44-12-10-43/h5-6,14H,4,7-12,15-19,37H2,1-3H3. The van der Waals surface area contributed by atoms with Crippen molar-refractivity contribution in [2.24, 2.45) is 5.41 Å². The maximum absolute atomic E-state index is 16.8. The molecule has 0 bridgehead atoms. The van der Waals surface area contributed by atoms with Crippen molar-refractivity contribution in [3.05, 3.63) is 35.5 Å². The Morgan fingerprint density at radius 3 is 2.53 bits per heavy atom. The lowest BCUT2D eigenvalue weighted by molar-refractivity contribution is -0.150. The van der Waals surface area contributed by atoms with Gasteiger partial charge in [0.05, 0.1) is 47.5 Å². The fourth-order valence-corrected chi connectivity index (χ4v) is 7.92. The monoisotopic (exact) mass is 664 g/mol. The van der Waals surface area contributed by atoms with Crippen LogP contribution < -0.4 is 15.4 Å². The van der Waals surface area contributed by atoms with E-state index in [0.29, 0.717) is 50.8 Å². The molecule has 0 radical (unpaired) electrons. The molecule has 1 aliphatic carbocycles. The van der Waals surface area contributed by atoms with Gasteiger partial charge in [0.25, 0.3) is 0 Å². The predicted molar refractivity (Wildman–Crippen MR) is 177 cm³/mol. The minimum atomic E-state index is -0.716. The molecular formula is C33H38F2N8O3S. The summed E-state index contributed by atoms with van der Waals surface area (Å²) in [5.41, 5.74) is 6.12. The van der Waals surface area contributed by atoms with Crippen LogP contribution in [0.15, 0.2) is 18.3 Å². The average Bonchev–Trinajstić information content (AvgIpc) is 3.37. The van der Waals surface area contributed by atoms with Gasteiger partial charge in [-0.3, -0.25) is 9.88 Å². The number of nitrogens with zero attached hydrogens (tertiary/aromatic N) is 7. The summed E-state index contributed by atoms with van der Waals surface area (Å²) in [6.07, 6.45) is 4.77. The number of likely N-dealkylation sites (N-methyl/N-ethyl adjacent to an activating group) is 2. The van der Waals surface area contributed by atoms with Crippen molar-refractivity contribution in [1.29, 1.82) is 5.26 Å². The summed E-state index contributed by atoms with van der Waals surface area (Å²) in [5.74, 6) is -0.751. The summed E-state index contributed by atoms with van der Waals surface area (Å²) in [5, 5.41) is 10.6. The second kappa shape index (κ2) is 12.4. The number of nitrogen functional groups attached to an aromatic ring is 1. The van der Waals surface area contributed by atoms with Gasteiger partial charge in [-0.2, -0.15) is 15.2 Å².